The molecule has 1 aliphatic heterocycles. The number of hydrogen-bond donors (Lipinski definition) is 1. The fourth-order valence-electron chi connectivity index (χ4n) is 3.36. The van der Waals surface area contributed by atoms with Crippen LogP contribution in [0.4, 0.5) is 9.52 Å². The van der Waals surface area contributed by atoms with Crippen LogP contribution >= 0.6 is 22.9 Å². The summed E-state index contributed by atoms with van der Waals surface area (Å²) in [5, 5.41) is 5.57. The van der Waals surface area contributed by atoms with Crippen LogP contribution in [-0.4, -0.2) is 59.3 Å². The number of nitrogens with one attached hydrogen (secondary N) is 1. The molecular weight excluding hydrogens is 439 g/mol. The summed E-state index contributed by atoms with van der Waals surface area (Å²) in [7, 11) is 0. The van der Waals surface area contributed by atoms with Crippen LogP contribution in [0.5, 0.6) is 0 Å². The highest BCUT2D eigenvalue weighted by molar-refractivity contribution is 7.14. The molecule has 4 rings (SSSR count). The van der Waals surface area contributed by atoms with Gasteiger partial charge < -0.3 is 10.2 Å². The zero-order valence-electron chi connectivity index (χ0n) is 16.6. The van der Waals surface area contributed by atoms with E-state index in [-0.39, 0.29) is 24.2 Å². The van der Waals surface area contributed by atoms with Crippen LogP contribution in [0.1, 0.15) is 10.4 Å². The van der Waals surface area contributed by atoms with Crippen molar-refractivity contribution in [3.63, 3.8) is 0 Å². The third kappa shape index (κ3) is 5.28. The summed E-state index contributed by atoms with van der Waals surface area (Å²) in [6.45, 7) is 2.48. The number of hydrogen-bond acceptors (Lipinski definition) is 5. The number of aromatic nitrogens is 1. The molecule has 1 aromatic heterocycles. The van der Waals surface area contributed by atoms with Crippen molar-refractivity contribution in [2.45, 2.75) is 0 Å². The molecule has 0 saturated carbocycles. The third-order valence-electron chi connectivity index (χ3n) is 5.02. The molecule has 0 unspecified atom stereocenters. The van der Waals surface area contributed by atoms with Crippen LogP contribution in [0.15, 0.2) is 53.9 Å². The van der Waals surface area contributed by atoms with E-state index in [0.29, 0.717) is 47.6 Å². The van der Waals surface area contributed by atoms with Gasteiger partial charge in [0, 0.05) is 37.1 Å². The lowest BCUT2D eigenvalue weighted by Crippen LogP contribution is -2.50. The number of rotatable bonds is 5. The van der Waals surface area contributed by atoms with E-state index in [0.717, 1.165) is 5.56 Å². The van der Waals surface area contributed by atoms with Gasteiger partial charge in [-0.2, -0.15) is 0 Å². The van der Waals surface area contributed by atoms with Gasteiger partial charge in [0.05, 0.1) is 22.8 Å². The minimum absolute atomic E-state index is 0.0918. The number of anilines is 1. The molecule has 9 heteroatoms. The zero-order chi connectivity index (χ0) is 21.8. The number of amides is 2. The maximum absolute atomic E-state index is 13.1. The van der Waals surface area contributed by atoms with Gasteiger partial charge >= 0.3 is 0 Å². The SMILES string of the molecule is O=C(CN1CCN(C(=O)c2ccccc2Cl)CC1)Nc1nc(-c2ccc(F)cc2)cs1. The standard InChI is InChI=1S/C22H20ClFN4O2S/c23-18-4-2-1-3-17(18)21(30)28-11-9-27(10-12-28)13-20(29)26-22-25-19(14-31-22)15-5-7-16(24)8-6-15/h1-8,14H,9-13H2,(H,25,26,29). The van der Waals surface area contributed by atoms with Crippen molar-refractivity contribution in [3.05, 3.63) is 70.3 Å². The summed E-state index contributed by atoms with van der Waals surface area (Å²) in [6, 6.07) is 13.1. The van der Waals surface area contributed by atoms with E-state index in [1.807, 2.05) is 10.3 Å². The largest absolute Gasteiger partial charge is 0.336 e. The highest BCUT2D eigenvalue weighted by atomic mass is 35.5. The van der Waals surface area contributed by atoms with Gasteiger partial charge in [-0.05, 0) is 36.4 Å². The average molecular weight is 459 g/mol. The highest BCUT2D eigenvalue weighted by Gasteiger charge is 2.24. The predicted molar refractivity (Wildman–Crippen MR) is 120 cm³/mol. The van der Waals surface area contributed by atoms with Gasteiger partial charge in [0.2, 0.25) is 5.91 Å². The Kier molecular flexibility index (Phi) is 6.60. The molecule has 31 heavy (non-hydrogen) atoms. The first-order valence-corrected chi connectivity index (χ1v) is 11.0. The first-order valence-electron chi connectivity index (χ1n) is 9.77. The number of thiazole rings is 1. The van der Waals surface area contributed by atoms with E-state index < -0.39 is 0 Å². The van der Waals surface area contributed by atoms with E-state index in [1.54, 1.807) is 41.3 Å². The number of halogens is 2. The summed E-state index contributed by atoms with van der Waals surface area (Å²) in [6.07, 6.45) is 0. The van der Waals surface area contributed by atoms with Gasteiger partial charge in [-0.1, -0.05) is 23.7 Å². The summed E-state index contributed by atoms with van der Waals surface area (Å²) < 4.78 is 13.1. The van der Waals surface area contributed by atoms with Crippen molar-refractivity contribution >= 4 is 39.9 Å². The Balaban J connectivity index is 1.27. The second-order valence-corrected chi connectivity index (χ2v) is 8.41. The maximum atomic E-state index is 13.1. The summed E-state index contributed by atoms with van der Waals surface area (Å²) in [5.41, 5.74) is 1.97. The number of nitrogens with zero attached hydrogens (tertiary/aromatic N) is 3. The van der Waals surface area contributed by atoms with Gasteiger partial charge in [0.15, 0.2) is 5.13 Å². The van der Waals surface area contributed by atoms with Gasteiger partial charge in [0.25, 0.3) is 5.91 Å². The lowest BCUT2D eigenvalue weighted by molar-refractivity contribution is -0.117. The van der Waals surface area contributed by atoms with Crippen molar-refractivity contribution in [1.82, 2.24) is 14.8 Å². The summed E-state index contributed by atoms with van der Waals surface area (Å²) in [5.74, 6) is -0.558. The van der Waals surface area contributed by atoms with Crippen LogP contribution in [0, 0.1) is 5.82 Å². The van der Waals surface area contributed by atoms with Crippen molar-refractivity contribution < 1.29 is 14.0 Å². The minimum atomic E-state index is -0.304. The predicted octanol–water partition coefficient (Wildman–Crippen LogP) is 4.00. The van der Waals surface area contributed by atoms with Crippen molar-refractivity contribution in [3.8, 4) is 11.3 Å². The topological polar surface area (TPSA) is 65.5 Å². The Bertz CT molecular complexity index is 1080. The average Bonchev–Trinajstić information content (AvgIpc) is 3.23. The summed E-state index contributed by atoms with van der Waals surface area (Å²) in [4.78, 5) is 33.2. The van der Waals surface area contributed by atoms with Gasteiger partial charge in [0.1, 0.15) is 5.82 Å². The third-order valence-corrected chi connectivity index (χ3v) is 6.11. The lowest BCUT2D eigenvalue weighted by Gasteiger charge is -2.34. The maximum Gasteiger partial charge on any atom is 0.255 e. The lowest BCUT2D eigenvalue weighted by atomic mass is 10.2. The molecule has 0 aliphatic carbocycles. The van der Waals surface area contributed by atoms with Crippen LogP contribution in [0.2, 0.25) is 5.02 Å². The van der Waals surface area contributed by atoms with Crippen molar-refractivity contribution in [2.75, 3.05) is 38.0 Å². The fraction of sp³-hybridized carbons (Fsp3) is 0.227. The molecule has 0 atom stereocenters. The van der Waals surface area contributed by atoms with Crippen molar-refractivity contribution in [2.24, 2.45) is 0 Å². The van der Waals surface area contributed by atoms with E-state index in [4.69, 9.17) is 11.6 Å². The second-order valence-electron chi connectivity index (χ2n) is 7.14. The van der Waals surface area contributed by atoms with Gasteiger partial charge in [-0.25, -0.2) is 9.37 Å². The molecule has 1 saturated heterocycles. The first kappa shape index (κ1) is 21.4. The first-order chi connectivity index (χ1) is 15.0. The van der Waals surface area contributed by atoms with E-state index in [2.05, 4.69) is 10.3 Å². The van der Waals surface area contributed by atoms with Crippen LogP contribution in [0.3, 0.4) is 0 Å². The quantitative estimate of drug-likeness (QED) is 0.627. The van der Waals surface area contributed by atoms with E-state index in [1.165, 1.54) is 23.5 Å². The minimum Gasteiger partial charge on any atom is -0.336 e. The molecule has 2 heterocycles. The van der Waals surface area contributed by atoms with Gasteiger partial charge in [-0.3, -0.25) is 14.5 Å². The van der Waals surface area contributed by atoms with Crippen LogP contribution in [0.25, 0.3) is 11.3 Å². The fourth-order valence-corrected chi connectivity index (χ4v) is 4.31. The molecule has 1 aliphatic rings. The van der Waals surface area contributed by atoms with E-state index in [9.17, 15) is 14.0 Å². The van der Waals surface area contributed by atoms with Gasteiger partial charge in [-0.15, -0.1) is 11.3 Å². The molecule has 0 spiro atoms. The molecule has 1 N–H and O–H groups in total. The smallest absolute Gasteiger partial charge is 0.255 e. The Morgan fingerprint density at radius 3 is 2.48 bits per heavy atom. The van der Waals surface area contributed by atoms with Crippen molar-refractivity contribution in [1.29, 1.82) is 0 Å². The molecule has 1 fully saturated rings. The van der Waals surface area contributed by atoms with Crippen LogP contribution in [-0.2, 0) is 4.79 Å². The molecule has 160 valence electrons. The Morgan fingerprint density at radius 1 is 1.06 bits per heavy atom. The van der Waals surface area contributed by atoms with Crippen LogP contribution < -0.4 is 5.32 Å². The number of piperazine rings is 1. The van der Waals surface area contributed by atoms with E-state index >= 15 is 0 Å². The monoisotopic (exact) mass is 458 g/mol. The second kappa shape index (κ2) is 9.55. The molecular formula is C22H20ClFN4O2S. The Hall–Kier alpha value is -2.81. The summed E-state index contributed by atoms with van der Waals surface area (Å²) >= 11 is 7.45. The normalized spacial score (nSPS) is 14.5. The molecule has 6 nitrogen and oxygen atoms in total. The molecule has 0 bridgehead atoms. The molecule has 0 radical (unpaired) electrons. The Morgan fingerprint density at radius 2 is 1.77 bits per heavy atom. The highest BCUT2D eigenvalue weighted by Crippen LogP contribution is 2.25. The molecule has 2 amide bonds. The zero-order valence-corrected chi connectivity index (χ0v) is 18.1. The Labute approximate surface area is 188 Å². The number of carbonyl (C=O) groups is 2. The number of benzene rings is 2. The molecule has 3 aromatic rings. The molecule has 2 aromatic carbocycles. The number of carbonyl (C=O) groups excluding carboxylic acids is 2.